The molecule has 0 bridgehead atoms. The predicted molar refractivity (Wildman–Crippen MR) is 71.3 cm³/mol. The predicted octanol–water partition coefficient (Wildman–Crippen LogP) is 3.39. The van der Waals surface area contributed by atoms with Crippen LogP contribution < -0.4 is 5.73 Å². The average Bonchev–Trinajstić information content (AvgIpc) is 2.35. The van der Waals surface area contributed by atoms with Crippen LogP contribution in [0.4, 0.5) is 5.69 Å². The zero-order valence-corrected chi connectivity index (χ0v) is 9.18. The quantitative estimate of drug-likeness (QED) is 0.389. The lowest BCUT2D eigenvalue weighted by Crippen LogP contribution is -1.90. The summed E-state index contributed by atoms with van der Waals surface area (Å²) in [6.07, 6.45) is 0.855. The van der Waals surface area contributed by atoms with Crippen molar-refractivity contribution in [3.8, 4) is 0 Å². The van der Waals surface area contributed by atoms with Crippen LogP contribution in [0.5, 0.6) is 0 Å². The number of fused-ring (bicyclic) bond motifs is 2. The van der Waals surface area contributed by atoms with Gasteiger partial charge in [-0.3, -0.25) is 4.79 Å². The Morgan fingerprint density at radius 3 is 2.29 bits per heavy atom. The van der Waals surface area contributed by atoms with Crippen molar-refractivity contribution in [3.05, 3.63) is 54.1 Å². The van der Waals surface area contributed by atoms with Crippen molar-refractivity contribution in [3.63, 3.8) is 0 Å². The summed E-state index contributed by atoms with van der Waals surface area (Å²) in [5, 5.41) is 4.24. The highest BCUT2D eigenvalue weighted by Crippen LogP contribution is 2.26. The number of carbonyl (C=O) groups is 1. The summed E-state index contributed by atoms with van der Waals surface area (Å²) in [7, 11) is 0. The second-order valence-electron chi connectivity index (χ2n) is 4.15. The monoisotopic (exact) mass is 221 g/mol. The van der Waals surface area contributed by atoms with Gasteiger partial charge in [-0.2, -0.15) is 0 Å². The van der Waals surface area contributed by atoms with E-state index in [2.05, 4.69) is 12.1 Å². The van der Waals surface area contributed by atoms with E-state index in [0.29, 0.717) is 11.3 Å². The average molecular weight is 221 g/mol. The lowest BCUT2D eigenvalue weighted by molar-refractivity contribution is 0.112. The van der Waals surface area contributed by atoms with Gasteiger partial charge in [-0.15, -0.1) is 0 Å². The summed E-state index contributed by atoms with van der Waals surface area (Å²) in [6.45, 7) is 0. The van der Waals surface area contributed by atoms with Gasteiger partial charge in [-0.05, 0) is 45.8 Å². The lowest BCUT2D eigenvalue weighted by Gasteiger charge is -2.05. The zero-order valence-electron chi connectivity index (χ0n) is 9.18. The molecule has 0 radical (unpaired) electrons. The fourth-order valence-electron chi connectivity index (χ4n) is 2.20. The molecule has 2 N–H and O–H groups in total. The number of anilines is 1. The molecule has 0 spiro atoms. The van der Waals surface area contributed by atoms with Crippen molar-refractivity contribution in [1.29, 1.82) is 0 Å². The number of aldehydes is 1. The maximum absolute atomic E-state index is 11.1. The summed E-state index contributed by atoms with van der Waals surface area (Å²) in [4.78, 5) is 11.1. The molecule has 0 aliphatic carbocycles. The first-order chi connectivity index (χ1) is 8.28. The number of rotatable bonds is 1. The molecule has 82 valence electrons. The van der Waals surface area contributed by atoms with E-state index in [-0.39, 0.29) is 0 Å². The maximum atomic E-state index is 11.1. The van der Waals surface area contributed by atoms with Crippen LogP contribution >= 0.6 is 0 Å². The van der Waals surface area contributed by atoms with Crippen LogP contribution in [0.2, 0.25) is 0 Å². The van der Waals surface area contributed by atoms with Gasteiger partial charge < -0.3 is 5.73 Å². The van der Waals surface area contributed by atoms with Gasteiger partial charge in [-0.1, -0.05) is 24.3 Å². The fraction of sp³-hybridized carbons (Fsp3) is 0. The molecule has 2 heteroatoms. The van der Waals surface area contributed by atoms with Crippen molar-refractivity contribution in [2.24, 2.45) is 0 Å². The van der Waals surface area contributed by atoms with Crippen LogP contribution in [0.25, 0.3) is 21.5 Å². The molecule has 0 heterocycles. The molecular formula is C15H11NO. The molecule has 0 saturated carbocycles. The zero-order chi connectivity index (χ0) is 11.8. The van der Waals surface area contributed by atoms with Gasteiger partial charge in [-0.25, -0.2) is 0 Å². The Labute approximate surface area is 98.7 Å². The van der Waals surface area contributed by atoms with Gasteiger partial charge in [0.1, 0.15) is 0 Å². The molecule has 0 aliphatic rings. The highest BCUT2D eigenvalue weighted by molar-refractivity contribution is 6.06. The summed E-state index contributed by atoms with van der Waals surface area (Å²) in [5.41, 5.74) is 7.05. The standard InChI is InChI=1S/C15H11NO/c16-14-6-12-5-10-3-1-2-4-11(10)8-15(12)13(7-14)9-17/h1-9H,16H2. The molecule has 0 aliphatic heterocycles. The Kier molecular flexibility index (Phi) is 2.08. The number of nitrogens with two attached hydrogens (primary N) is 1. The second-order valence-corrected chi connectivity index (χ2v) is 4.15. The second kappa shape index (κ2) is 3.59. The Bertz CT molecular complexity index is 731. The van der Waals surface area contributed by atoms with E-state index in [9.17, 15) is 4.79 Å². The molecule has 2 nitrogen and oxygen atoms in total. The van der Waals surface area contributed by atoms with E-state index < -0.39 is 0 Å². The van der Waals surface area contributed by atoms with Gasteiger partial charge in [0.15, 0.2) is 6.29 Å². The van der Waals surface area contributed by atoms with Gasteiger partial charge in [0.25, 0.3) is 0 Å². The molecule has 0 fully saturated rings. The van der Waals surface area contributed by atoms with Gasteiger partial charge in [0.05, 0.1) is 0 Å². The first kappa shape index (κ1) is 9.85. The van der Waals surface area contributed by atoms with Gasteiger partial charge in [0, 0.05) is 11.3 Å². The Hall–Kier alpha value is -2.35. The molecule has 3 aromatic carbocycles. The summed E-state index contributed by atoms with van der Waals surface area (Å²) < 4.78 is 0. The van der Waals surface area contributed by atoms with E-state index >= 15 is 0 Å². The molecule has 0 saturated heterocycles. The van der Waals surface area contributed by atoms with Crippen LogP contribution in [0, 0.1) is 0 Å². The largest absolute Gasteiger partial charge is 0.399 e. The van der Waals surface area contributed by atoms with E-state index in [1.165, 1.54) is 0 Å². The summed E-state index contributed by atoms with van der Waals surface area (Å²) in [5.74, 6) is 0. The number of benzene rings is 3. The van der Waals surface area contributed by atoms with Gasteiger partial charge >= 0.3 is 0 Å². The first-order valence-electron chi connectivity index (χ1n) is 5.45. The third-order valence-corrected chi connectivity index (χ3v) is 3.00. The highest BCUT2D eigenvalue weighted by atomic mass is 16.1. The number of carbonyl (C=O) groups excluding carboxylic acids is 1. The molecule has 0 amide bonds. The Morgan fingerprint density at radius 2 is 1.59 bits per heavy atom. The molecule has 3 aromatic rings. The van der Waals surface area contributed by atoms with Gasteiger partial charge in [0.2, 0.25) is 0 Å². The van der Waals surface area contributed by atoms with Crippen LogP contribution in [0.1, 0.15) is 10.4 Å². The van der Waals surface area contributed by atoms with Crippen LogP contribution in [0.15, 0.2) is 48.5 Å². The number of hydrogen-bond acceptors (Lipinski definition) is 2. The minimum atomic E-state index is 0.620. The molecule has 0 unspecified atom stereocenters. The molecule has 0 atom stereocenters. The van der Waals surface area contributed by atoms with Crippen LogP contribution in [-0.2, 0) is 0 Å². The third-order valence-electron chi connectivity index (χ3n) is 3.00. The Morgan fingerprint density at radius 1 is 0.882 bits per heavy atom. The van der Waals surface area contributed by atoms with Crippen molar-refractivity contribution >= 4 is 33.5 Å². The van der Waals surface area contributed by atoms with E-state index in [1.54, 1.807) is 6.07 Å². The maximum Gasteiger partial charge on any atom is 0.150 e. The topological polar surface area (TPSA) is 43.1 Å². The highest BCUT2D eigenvalue weighted by Gasteiger charge is 2.03. The normalized spacial score (nSPS) is 10.8. The van der Waals surface area contributed by atoms with Crippen molar-refractivity contribution in [2.75, 3.05) is 5.73 Å². The van der Waals surface area contributed by atoms with Crippen molar-refractivity contribution in [2.45, 2.75) is 0 Å². The lowest BCUT2D eigenvalue weighted by atomic mass is 9.99. The molecule has 0 aromatic heterocycles. The summed E-state index contributed by atoms with van der Waals surface area (Å²) in [6, 6.07) is 15.8. The SMILES string of the molecule is Nc1cc(C=O)c2cc3ccccc3cc2c1. The minimum Gasteiger partial charge on any atom is -0.399 e. The number of nitrogen functional groups attached to an aromatic ring is 1. The smallest absolute Gasteiger partial charge is 0.150 e. The molecular weight excluding hydrogens is 210 g/mol. The van der Waals surface area contributed by atoms with Crippen LogP contribution in [-0.4, -0.2) is 6.29 Å². The molecule has 3 rings (SSSR count). The fourth-order valence-corrected chi connectivity index (χ4v) is 2.20. The molecule has 17 heavy (non-hydrogen) atoms. The third kappa shape index (κ3) is 1.54. The van der Waals surface area contributed by atoms with E-state index in [4.69, 9.17) is 5.73 Å². The van der Waals surface area contributed by atoms with E-state index in [0.717, 1.165) is 27.8 Å². The minimum absolute atomic E-state index is 0.620. The first-order valence-corrected chi connectivity index (χ1v) is 5.45. The van der Waals surface area contributed by atoms with Crippen molar-refractivity contribution in [1.82, 2.24) is 0 Å². The van der Waals surface area contributed by atoms with Crippen LogP contribution in [0.3, 0.4) is 0 Å². The number of hydrogen-bond donors (Lipinski definition) is 1. The Balaban J connectivity index is 2.51. The van der Waals surface area contributed by atoms with Crippen molar-refractivity contribution < 1.29 is 4.79 Å². The summed E-state index contributed by atoms with van der Waals surface area (Å²) >= 11 is 0. The van der Waals surface area contributed by atoms with E-state index in [1.807, 2.05) is 30.3 Å².